The molecule has 0 saturated carbocycles. The lowest BCUT2D eigenvalue weighted by Gasteiger charge is -2.13. The zero-order valence-electron chi connectivity index (χ0n) is 10.5. The fourth-order valence-corrected chi connectivity index (χ4v) is 1.65. The van der Waals surface area contributed by atoms with E-state index in [1.54, 1.807) is 7.11 Å². The monoisotopic (exact) mass is 237 g/mol. The first-order valence-corrected chi connectivity index (χ1v) is 5.63. The number of hydrogen-bond acceptors (Lipinski definition) is 3. The summed E-state index contributed by atoms with van der Waals surface area (Å²) >= 11 is 0. The Balaban J connectivity index is 2.52. The van der Waals surface area contributed by atoms with Crippen LogP contribution in [0.25, 0.3) is 0 Å². The van der Waals surface area contributed by atoms with E-state index in [-0.39, 0.29) is 12.3 Å². The second-order valence-corrected chi connectivity index (χ2v) is 4.27. The normalized spacial score (nSPS) is 11.9. The lowest BCUT2D eigenvalue weighted by atomic mass is 10.1. The molecule has 2 N–H and O–H groups in total. The number of carboxylic acid groups (broad SMARTS) is 1. The molecular formula is C13H19NO3. The van der Waals surface area contributed by atoms with Gasteiger partial charge < -0.3 is 15.2 Å². The highest BCUT2D eigenvalue weighted by Gasteiger charge is 2.07. The molecule has 0 amide bonds. The number of ether oxygens (including phenoxy) is 1. The summed E-state index contributed by atoms with van der Waals surface area (Å²) in [6, 6.07) is 5.82. The van der Waals surface area contributed by atoms with Gasteiger partial charge in [0.1, 0.15) is 5.75 Å². The SMILES string of the molecule is COc1ccc(NCC(C)CC(=O)O)cc1C. The Bertz CT molecular complexity index is 390. The van der Waals surface area contributed by atoms with Crippen molar-refractivity contribution in [2.24, 2.45) is 5.92 Å². The predicted molar refractivity (Wildman–Crippen MR) is 67.6 cm³/mol. The van der Waals surface area contributed by atoms with Crippen LogP contribution in [0.4, 0.5) is 5.69 Å². The molecule has 1 unspecified atom stereocenters. The molecule has 0 saturated heterocycles. The minimum atomic E-state index is -0.759. The third-order valence-electron chi connectivity index (χ3n) is 2.57. The van der Waals surface area contributed by atoms with Crippen LogP contribution in [0.1, 0.15) is 18.9 Å². The van der Waals surface area contributed by atoms with Gasteiger partial charge in [-0.15, -0.1) is 0 Å². The summed E-state index contributed by atoms with van der Waals surface area (Å²) in [7, 11) is 1.64. The number of rotatable bonds is 6. The van der Waals surface area contributed by atoms with E-state index in [1.165, 1.54) is 0 Å². The summed E-state index contributed by atoms with van der Waals surface area (Å²) in [6.07, 6.45) is 0.183. The van der Waals surface area contributed by atoms with Crippen molar-refractivity contribution in [2.75, 3.05) is 19.0 Å². The second kappa shape index (κ2) is 6.13. The topological polar surface area (TPSA) is 58.6 Å². The summed E-state index contributed by atoms with van der Waals surface area (Å²) in [5.41, 5.74) is 2.05. The lowest BCUT2D eigenvalue weighted by Crippen LogP contribution is -2.14. The number of aliphatic carboxylic acids is 1. The number of anilines is 1. The van der Waals surface area contributed by atoms with Crippen molar-refractivity contribution in [2.45, 2.75) is 20.3 Å². The molecule has 0 spiro atoms. The van der Waals surface area contributed by atoms with E-state index in [0.29, 0.717) is 6.54 Å². The minimum absolute atomic E-state index is 0.106. The lowest BCUT2D eigenvalue weighted by molar-refractivity contribution is -0.137. The highest BCUT2D eigenvalue weighted by atomic mass is 16.5. The van der Waals surface area contributed by atoms with Gasteiger partial charge in [-0.05, 0) is 36.6 Å². The fraction of sp³-hybridized carbons (Fsp3) is 0.462. The first kappa shape index (κ1) is 13.4. The Morgan fingerprint density at radius 2 is 2.24 bits per heavy atom. The second-order valence-electron chi connectivity index (χ2n) is 4.27. The van der Waals surface area contributed by atoms with Crippen molar-refractivity contribution in [3.05, 3.63) is 23.8 Å². The van der Waals surface area contributed by atoms with Crippen LogP contribution in [0.2, 0.25) is 0 Å². The van der Waals surface area contributed by atoms with Gasteiger partial charge in [-0.25, -0.2) is 0 Å². The van der Waals surface area contributed by atoms with E-state index in [2.05, 4.69) is 5.32 Å². The van der Waals surface area contributed by atoms with Gasteiger partial charge in [0.05, 0.1) is 7.11 Å². The van der Waals surface area contributed by atoms with Crippen molar-refractivity contribution in [3.8, 4) is 5.75 Å². The third-order valence-corrected chi connectivity index (χ3v) is 2.57. The van der Waals surface area contributed by atoms with Crippen LogP contribution >= 0.6 is 0 Å². The maximum absolute atomic E-state index is 10.5. The van der Waals surface area contributed by atoms with Gasteiger partial charge in [0.2, 0.25) is 0 Å². The molecule has 0 fully saturated rings. The van der Waals surface area contributed by atoms with Gasteiger partial charge in [0, 0.05) is 18.7 Å². The Labute approximate surface area is 102 Å². The Morgan fingerprint density at radius 1 is 1.53 bits per heavy atom. The molecule has 0 aliphatic rings. The van der Waals surface area contributed by atoms with Crippen molar-refractivity contribution in [1.82, 2.24) is 0 Å². The number of carboxylic acids is 1. The van der Waals surface area contributed by atoms with Gasteiger partial charge in [0.15, 0.2) is 0 Å². The third kappa shape index (κ3) is 4.34. The number of aryl methyl sites for hydroxylation is 1. The minimum Gasteiger partial charge on any atom is -0.496 e. The van der Waals surface area contributed by atoms with Crippen LogP contribution in [0.5, 0.6) is 5.75 Å². The van der Waals surface area contributed by atoms with E-state index in [9.17, 15) is 4.79 Å². The zero-order valence-corrected chi connectivity index (χ0v) is 10.5. The Morgan fingerprint density at radius 3 is 2.76 bits per heavy atom. The quantitative estimate of drug-likeness (QED) is 0.798. The van der Waals surface area contributed by atoms with Gasteiger partial charge in [-0.1, -0.05) is 6.92 Å². The molecule has 17 heavy (non-hydrogen) atoms. The molecule has 94 valence electrons. The largest absolute Gasteiger partial charge is 0.496 e. The smallest absolute Gasteiger partial charge is 0.303 e. The molecule has 4 heteroatoms. The van der Waals surface area contributed by atoms with E-state index in [4.69, 9.17) is 9.84 Å². The molecule has 0 heterocycles. The summed E-state index contributed by atoms with van der Waals surface area (Å²) in [6.45, 7) is 4.54. The van der Waals surface area contributed by atoms with E-state index in [0.717, 1.165) is 17.0 Å². The van der Waals surface area contributed by atoms with Crippen LogP contribution < -0.4 is 10.1 Å². The summed E-state index contributed by atoms with van der Waals surface area (Å²) in [5.74, 6) is 0.203. The predicted octanol–water partition coefficient (Wildman–Crippen LogP) is 2.53. The highest BCUT2D eigenvalue weighted by molar-refractivity contribution is 5.67. The molecule has 4 nitrogen and oxygen atoms in total. The average Bonchev–Trinajstić information content (AvgIpc) is 2.25. The fourth-order valence-electron chi connectivity index (χ4n) is 1.65. The molecular weight excluding hydrogens is 218 g/mol. The number of nitrogens with one attached hydrogen (secondary N) is 1. The first-order chi connectivity index (χ1) is 8.02. The van der Waals surface area contributed by atoms with Crippen molar-refractivity contribution in [1.29, 1.82) is 0 Å². The molecule has 0 bridgehead atoms. The van der Waals surface area contributed by atoms with Gasteiger partial charge >= 0.3 is 5.97 Å². The molecule has 1 atom stereocenters. The van der Waals surface area contributed by atoms with Crippen LogP contribution in [0.15, 0.2) is 18.2 Å². The number of hydrogen-bond donors (Lipinski definition) is 2. The van der Waals surface area contributed by atoms with E-state index >= 15 is 0 Å². The van der Waals surface area contributed by atoms with Crippen molar-refractivity contribution in [3.63, 3.8) is 0 Å². The zero-order chi connectivity index (χ0) is 12.8. The molecule has 0 aliphatic carbocycles. The standard InChI is InChI=1S/C13H19NO3/c1-9(6-13(15)16)8-14-11-4-5-12(17-3)10(2)7-11/h4-5,7,9,14H,6,8H2,1-3H3,(H,15,16). The maximum atomic E-state index is 10.5. The Hall–Kier alpha value is -1.71. The number of benzene rings is 1. The van der Waals surface area contributed by atoms with Gasteiger partial charge in [-0.3, -0.25) is 4.79 Å². The van der Waals surface area contributed by atoms with Gasteiger partial charge in [-0.2, -0.15) is 0 Å². The average molecular weight is 237 g/mol. The number of carbonyl (C=O) groups is 1. The van der Waals surface area contributed by atoms with Crippen LogP contribution in [0, 0.1) is 12.8 Å². The van der Waals surface area contributed by atoms with Crippen molar-refractivity contribution < 1.29 is 14.6 Å². The molecule has 1 aromatic rings. The van der Waals surface area contributed by atoms with E-state index in [1.807, 2.05) is 32.0 Å². The van der Waals surface area contributed by atoms with Gasteiger partial charge in [0.25, 0.3) is 0 Å². The summed E-state index contributed by atoms with van der Waals surface area (Å²) in [4.78, 5) is 10.5. The molecule has 0 radical (unpaired) electrons. The van der Waals surface area contributed by atoms with Crippen molar-refractivity contribution >= 4 is 11.7 Å². The summed E-state index contributed by atoms with van der Waals surface area (Å²) in [5, 5.41) is 11.9. The van der Waals surface area contributed by atoms with Crippen LogP contribution in [-0.2, 0) is 4.79 Å². The van der Waals surface area contributed by atoms with E-state index < -0.39 is 5.97 Å². The molecule has 0 aliphatic heterocycles. The first-order valence-electron chi connectivity index (χ1n) is 5.63. The number of methoxy groups -OCH3 is 1. The molecule has 0 aromatic heterocycles. The summed E-state index contributed by atoms with van der Waals surface area (Å²) < 4.78 is 5.17. The van der Waals surface area contributed by atoms with Crippen LogP contribution in [0.3, 0.4) is 0 Å². The maximum Gasteiger partial charge on any atom is 0.303 e. The highest BCUT2D eigenvalue weighted by Crippen LogP contribution is 2.21. The van der Waals surface area contributed by atoms with Crippen LogP contribution in [-0.4, -0.2) is 24.7 Å². The Kier molecular flexibility index (Phi) is 4.82. The molecule has 1 rings (SSSR count). The molecule has 1 aromatic carbocycles.